The van der Waals surface area contributed by atoms with Gasteiger partial charge in [-0.1, -0.05) is 0 Å². The number of hydrogen-bond acceptors (Lipinski definition) is 6. The molecule has 0 amide bonds. The van der Waals surface area contributed by atoms with Crippen LogP contribution in [0.1, 0.15) is 38.7 Å². The van der Waals surface area contributed by atoms with E-state index in [-0.39, 0.29) is 10.6 Å². The molecule has 7 nitrogen and oxygen atoms in total. The van der Waals surface area contributed by atoms with Gasteiger partial charge in [-0.05, 0) is 58.6 Å². The van der Waals surface area contributed by atoms with Gasteiger partial charge in [-0.2, -0.15) is 0 Å². The average Bonchev–Trinajstić information content (AvgIpc) is 2.59. The van der Waals surface area contributed by atoms with E-state index in [0.29, 0.717) is 17.8 Å². The van der Waals surface area contributed by atoms with E-state index in [1.165, 1.54) is 12.6 Å². The Morgan fingerprint density at radius 1 is 1.27 bits per heavy atom. The van der Waals surface area contributed by atoms with Crippen molar-refractivity contribution in [2.75, 3.05) is 37.6 Å². The van der Waals surface area contributed by atoms with Crippen LogP contribution in [0.2, 0.25) is 0 Å². The lowest BCUT2D eigenvalue weighted by molar-refractivity contribution is -0.385. The molecule has 2 aliphatic rings. The molecule has 3 heterocycles. The van der Waals surface area contributed by atoms with Crippen LogP contribution < -0.4 is 4.90 Å². The van der Waals surface area contributed by atoms with E-state index in [0.717, 1.165) is 57.3 Å². The summed E-state index contributed by atoms with van der Waals surface area (Å²) in [5.74, 6) is 1.61. The maximum absolute atomic E-state index is 10.9. The van der Waals surface area contributed by atoms with Crippen LogP contribution in [-0.4, -0.2) is 59.7 Å². The van der Waals surface area contributed by atoms with Crippen LogP contribution in [0.5, 0.6) is 0 Å². The first kappa shape index (κ1) is 19.0. The molecule has 2 unspecified atom stereocenters. The molecule has 0 bridgehead atoms. The Morgan fingerprint density at radius 3 is 2.50 bits per heavy atom. The third-order valence-electron chi connectivity index (χ3n) is 5.55. The molecule has 144 valence electrons. The van der Waals surface area contributed by atoms with Crippen LogP contribution in [-0.2, 0) is 4.74 Å². The summed E-state index contributed by atoms with van der Waals surface area (Å²) in [6.45, 7) is 11.3. The summed E-state index contributed by atoms with van der Waals surface area (Å²) in [7, 11) is 0. The van der Waals surface area contributed by atoms with Gasteiger partial charge in [0.25, 0.3) is 5.69 Å². The van der Waals surface area contributed by atoms with Gasteiger partial charge in [-0.25, -0.2) is 4.98 Å². The van der Waals surface area contributed by atoms with Gasteiger partial charge in [0, 0.05) is 31.7 Å². The van der Waals surface area contributed by atoms with Gasteiger partial charge < -0.3 is 9.64 Å². The van der Waals surface area contributed by atoms with E-state index in [2.05, 4.69) is 28.6 Å². The molecular weight excluding hydrogens is 332 g/mol. The molecule has 0 aromatic carbocycles. The molecule has 0 N–H and O–H groups in total. The molecular formula is C19H30N4O3. The van der Waals surface area contributed by atoms with E-state index in [1.807, 2.05) is 6.07 Å². The lowest BCUT2D eigenvalue weighted by Gasteiger charge is -2.37. The van der Waals surface area contributed by atoms with Crippen LogP contribution in [0.15, 0.2) is 12.3 Å². The van der Waals surface area contributed by atoms with Crippen LogP contribution in [0.3, 0.4) is 0 Å². The van der Waals surface area contributed by atoms with E-state index < -0.39 is 0 Å². The third kappa shape index (κ3) is 4.71. The molecule has 7 heteroatoms. The first-order chi connectivity index (χ1) is 12.4. The predicted octanol–water partition coefficient (Wildman–Crippen LogP) is 3.01. The molecule has 2 saturated heterocycles. The number of hydrogen-bond donors (Lipinski definition) is 0. The number of aryl methyl sites for hydroxylation is 1. The summed E-state index contributed by atoms with van der Waals surface area (Å²) in [5, 5.41) is 10.9. The Hall–Kier alpha value is -1.73. The fraction of sp³-hybridized carbons (Fsp3) is 0.737. The fourth-order valence-electron chi connectivity index (χ4n) is 4.18. The van der Waals surface area contributed by atoms with Crippen LogP contribution in [0.4, 0.5) is 11.5 Å². The Labute approximate surface area is 155 Å². The van der Waals surface area contributed by atoms with Gasteiger partial charge in [0.05, 0.1) is 17.1 Å². The standard InChI is InChI=1S/C19H30N4O3/c1-14-10-19(20-11-18(14)23(24)25)22-8-5-17(6-9-22)4-7-21-12-15(2)26-16(3)13-21/h10-11,15-17H,4-9,12-13H2,1-3H3. The third-order valence-corrected chi connectivity index (χ3v) is 5.55. The number of aromatic nitrogens is 1. The number of ether oxygens (including phenoxy) is 1. The first-order valence-corrected chi connectivity index (χ1v) is 9.66. The minimum Gasteiger partial charge on any atom is -0.373 e. The summed E-state index contributed by atoms with van der Waals surface area (Å²) < 4.78 is 5.81. The Bertz CT molecular complexity index is 621. The summed E-state index contributed by atoms with van der Waals surface area (Å²) in [6, 6.07) is 1.84. The van der Waals surface area contributed by atoms with E-state index in [4.69, 9.17) is 4.74 Å². The lowest BCUT2D eigenvalue weighted by Crippen LogP contribution is -2.46. The number of morpholine rings is 1. The van der Waals surface area contributed by atoms with Crippen molar-refractivity contribution in [3.63, 3.8) is 0 Å². The van der Waals surface area contributed by atoms with Crippen molar-refractivity contribution in [2.24, 2.45) is 5.92 Å². The molecule has 0 spiro atoms. The van der Waals surface area contributed by atoms with E-state index in [9.17, 15) is 10.1 Å². The molecule has 0 aliphatic carbocycles. The minimum atomic E-state index is -0.369. The first-order valence-electron chi connectivity index (χ1n) is 9.66. The number of nitro groups is 1. The van der Waals surface area contributed by atoms with Gasteiger partial charge in [-0.15, -0.1) is 0 Å². The molecule has 2 aliphatic heterocycles. The Kier molecular flexibility index (Phi) is 6.09. The zero-order valence-electron chi connectivity index (χ0n) is 16.1. The number of rotatable bonds is 5. The van der Waals surface area contributed by atoms with Crippen molar-refractivity contribution in [3.8, 4) is 0 Å². The Balaban J connectivity index is 1.47. The molecule has 1 aromatic rings. The van der Waals surface area contributed by atoms with Gasteiger partial charge in [-0.3, -0.25) is 15.0 Å². The maximum atomic E-state index is 10.9. The van der Waals surface area contributed by atoms with E-state index >= 15 is 0 Å². The van der Waals surface area contributed by atoms with Crippen molar-refractivity contribution in [2.45, 2.75) is 52.2 Å². The molecule has 2 atom stereocenters. The highest BCUT2D eigenvalue weighted by molar-refractivity contribution is 5.48. The lowest BCUT2D eigenvalue weighted by atomic mass is 9.93. The van der Waals surface area contributed by atoms with Gasteiger partial charge >= 0.3 is 0 Å². The average molecular weight is 362 g/mol. The zero-order chi connectivity index (χ0) is 18.7. The number of anilines is 1. The molecule has 0 radical (unpaired) electrons. The van der Waals surface area contributed by atoms with Crippen molar-refractivity contribution < 1.29 is 9.66 Å². The van der Waals surface area contributed by atoms with Crippen LogP contribution in [0.25, 0.3) is 0 Å². The number of pyridine rings is 1. The maximum Gasteiger partial charge on any atom is 0.290 e. The van der Waals surface area contributed by atoms with Crippen molar-refractivity contribution in [1.29, 1.82) is 0 Å². The topological polar surface area (TPSA) is 71.7 Å². The van der Waals surface area contributed by atoms with Crippen LogP contribution >= 0.6 is 0 Å². The van der Waals surface area contributed by atoms with E-state index in [1.54, 1.807) is 6.92 Å². The predicted molar refractivity (Wildman–Crippen MR) is 102 cm³/mol. The smallest absolute Gasteiger partial charge is 0.290 e. The second-order valence-electron chi connectivity index (χ2n) is 7.82. The van der Waals surface area contributed by atoms with Crippen LogP contribution in [0, 0.1) is 23.0 Å². The van der Waals surface area contributed by atoms with Gasteiger partial charge in [0.2, 0.25) is 0 Å². The summed E-state index contributed by atoms with van der Waals surface area (Å²) >= 11 is 0. The Morgan fingerprint density at radius 2 is 1.92 bits per heavy atom. The van der Waals surface area contributed by atoms with Crippen molar-refractivity contribution in [3.05, 3.63) is 27.9 Å². The second kappa shape index (κ2) is 8.31. The molecule has 1 aromatic heterocycles. The van der Waals surface area contributed by atoms with Crippen molar-refractivity contribution in [1.82, 2.24) is 9.88 Å². The fourth-order valence-corrected chi connectivity index (χ4v) is 4.18. The normalized spacial score (nSPS) is 25.4. The van der Waals surface area contributed by atoms with Gasteiger partial charge in [0.1, 0.15) is 12.0 Å². The zero-order valence-corrected chi connectivity index (χ0v) is 16.1. The number of nitrogens with zero attached hydrogens (tertiary/aromatic N) is 4. The number of piperidine rings is 1. The minimum absolute atomic E-state index is 0.0950. The largest absolute Gasteiger partial charge is 0.373 e. The quantitative estimate of drug-likeness (QED) is 0.592. The molecule has 3 rings (SSSR count). The summed E-state index contributed by atoms with van der Waals surface area (Å²) in [5.41, 5.74) is 0.773. The summed E-state index contributed by atoms with van der Waals surface area (Å²) in [4.78, 5) is 19.7. The van der Waals surface area contributed by atoms with Crippen molar-refractivity contribution >= 4 is 11.5 Å². The van der Waals surface area contributed by atoms with Gasteiger partial charge in [0.15, 0.2) is 0 Å². The molecule has 0 saturated carbocycles. The highest BCUT2D eigenvalue weighted by Gasteiger charge is 2.25. The highest BCUT2D eigenvalue weighted by Crippen LogP contribution is 2.27. The summed E-state index contributed by atoms with van der Waals surface area (Å²) in [6.07, 6.45) is 5.60. The molecule has 26 heavy (non-hydrogen) atoms. The molecule has 2 fully saturated rings. The highest BCUT2D eigenvalue weighted by atomic mass is 16.6. The SMILES string of the molecule is Cc1cc(N2CCC(CCN3CC(C)OC(C)C3)CC2)ncc1[N+](=O)[O-]. The monoisotopic (exact) mass is 362 g/mol. The second-order valence-corrected chi connectivity index (χ2v) is 7.82.